The zero-order valence-corrected chi connectivity index (χ0v) is 15.1. The summed E-state index contributed by atoms with van der Waals surface area (Å²) >= 11 is 0. The van der Waals surface area contributed by atoms with E-state index in [0.717, 1.165) is 23.5 Å². The Hall–Kier alpha value is -1.18. The highest BCUT2D eigenvalue weighted by atomic mass is 127. The molecule has 1 aromatic rings. The van der Waals surface area contributed by atoms with Gasteiger partial charge in [0, 0.05) is 17.5 Å². The van der Waals surface area contributed by atoms with Gasteiger partial charge in [-0.3, -0.25) is 0 Å². The topological polar surface area (TPSA) is 68.9 Å². The van der Waals surface area contributed by atoms with E-state index >= 15 is 0 Å². The number of nitrogens with one attached hydrogen (secondary N) is 1. The molecule has 3 N–H and O–H groups in total. The molecule has 0 spiro atoms. The molecular weight excluding hydrogens is 381 g/mol. The number of para-hydroxylation sites is 1. The zero-order valence-electron chi connectivity index (χ0n) is 12.8. The summed E-state index contributed by atoms with van der Waals surface area (Å²) in [6.45, 7) is 7.96. The van der Waals surface area contributed by atoms with Crippen molar-refractivity contribution in [3.8, 4) is 11.5 Å². The number of aliphatic imine (C=N–C) groups is 1. The Morgan fingerprint density at radius 2 is 2.00 bits per heavy atom. The maximum Gasteiger partial charge on any atom is 0.189 e. The van der Waals surface area contributed by atoms with Gasteiger partial charge in [-0.05, 0) is 26.8 Å². The average molecular weight is 405 g/mol. The molecule has 1 aromatic carbocycles. The van der Waals surface area contributed by atoms with Gasteiger partial charge in [0.2, 0.25) is 0 Å². The Balaban J connectivity index is 0.00000220. The number of benzene rings is 1. The van der Waals surface area contributed by atoms with E-state index in [0.29, 0.717) is 25.7 Å². The molecule has 21 heavy (non-hydrogen) atoms. The number of nitrogens with zero attached hydrogens (tertiary/aromatic N) is 1. The van der Waals surface area contributed by atoms with E-state index in [1.54, 1.807) is 0 Å². The van der Waals surface area contributed by atoms with Gasteiger partial charge in [-0.1, -0.05) is 12.1 Å². The Kier molecular flexibility index (Phi) is 6.57. The fourth-order valence-corrected chi connectivity index (χ4v) is 1.97. The van der Waals surface area contributed by atoms with Crippen LogP contribution in [0.4, 0.5) is 0 Å². The first kappa shape index (κ1) is 17.9. The Bertz CT molecular complexity index is 498. The third kappa shape index (κ3) is 5.61. The van der Waals surface area contributed by atoms with Crippen LogP contribution in [0, 0.1) is 0 Å². The normalized spacial score (nSPS) is 14.9. The van der Waals surface area contributed by atoms with Crippen LogP contribution in [0.25, 0.3) is 0 Å². The Morgan fingerprint density at radius 1 is 1.29 bits per heavy atom. The molecule has 0 unspecified atom stereocenters. The third-order valence-corrected chi connectivity index (χ3v) is 2.78. The lowest BCUT2D eigenvalue weighted by Crippen LogP contribution is -2.44. The van der Waals surface area contributed by atoms with Crippen molar-refractivity contribution in [3.05, 3.63) is 23.8 Å². The van der Waals surface area contributed by atoms with Crippen molar-refractivity contribution >= 4 is 29.9 Å². The molecule has 0 saturated heterocycles. The van der Waals surface area contributed by atoms with Crippen LogP contribution in [0.3, 0.4) is 0 Å². The van der Waals surface area contributed by atoms with Gasteiger partial charge < -0.3 is 20.5 Å². The third-order valence-electron chi connectivity index (χ3n) is 2.78. The number of hydrogen-bond acceptors (Lipinski definition) is 3. The summed E-state index contributed by atoms with van der Waals surface area (Å²) in [5.41, 5.74) is 6.77. The Morgan fingerprint density at radius 3 is 2.71 bits per heavy atom. The summed E-state index contributed by atoms with van der Waals surface area (Å²) < 4.78 is 11.4. The van der Waals surface area contributed by atoms with E-state index in [2.05, 4.69) is 10.3 Å². The molecule has 1 aliphatic rings. The standard InChI is InChI=1S/C15H23N3O2.HI/c1-15(2,3)18-14(16)17-10-11-6-4-7-12-13(11)20-9-5-8-19-12;/h4,6-7H,5,8-10H2,1-3H3,(H3,16,17,18);1H. The SMILES string of the molecule is CC(C)(C)NC(N)=NCc1cccc2c1OCCCO2.I. The van der Waals surface area contributed by atoms with Crippen LogP contribution < -0.4 is 20.5 Å². The summed E-state index contributed by atoms with van der Waals surface area (Å²) in [4.78, 5) is 4.37. The number of fused-ring (bicyclic) bond motifs is 1. The van der Waals surface area contributed by atoms with Gasteiger partial charge in [-0.25, -0.2) is 4.99 Å². The van der Waals surface area contributed by atoms with Gasteiger partial charge in [0.15, 0.2) is 17.5 Å². The van der Waals surface area contributed by atoms with Crippen molar-refractivity contribution in [1.82, 2.24) is 5.32 Å². The predicted molar refractivity (Wildman–Crippen MR) is 95.7 cm³/mol. The maximum absolute atomic E-state index is 5.88. The first-order valence-corrected chi connectivity index (χ1v) is 6.91. The second-order valence-corrected chi connectivity index (χ2v) is 5.87. The number of hydrogen-bond donors (Lipinski definition) is 2. The minimum Gasteiger partial charge on any atom is -0.490 e. The van der Waals surface area contributed by atoms with Gasteiger partial charge in [-0.15, -0.1) is 24.0 Å². The predicted octanol–water partition coefficient (Wildman–Crippen LogP) is 2.67. The molecule has 0 aliphatic carbocycles. The highest BCUT2D eigenvalue weighted by Gasteiger charge is 2.14. The molecule has 2 rings (SSSR count). The van der Waals surface area contributed by atoms with Gasteiger partial charge in [-0.2, -0.15) is 0 Å². The van der Waals surface area contributed by atoms with Crippen LogP contribution in [0.1, 0.15) is 32.8 Å². The minimum absolute atomic E-state index is 0. The molecule has 0 atom stereocenters. The second kappa shape index (κ2) is 7.72. The molecule has 1 aliphatic heterocycles. The van der Waals surface area contributed by atoms with Crippen molar-refractivity contribution in [2.45, 2.75) is 39.3 Å². The summed E-state index contributed by atoms with van der Waals surface area (Å²) in [6, 6.07) is 5.86. The zero-order chi connectivity index (χ0) is 14.6. The van der Waals surface area contributed by atoms with E-state index in [1.807, 2.05) is 39.0 Å². The van der Waals surface area contributed by atoms with Crippen LogP contribution >= 0.6 is 24.0 Å². The highest BCUT2D eigenvalue weighted by molar-refractivity contribution is 14.0. The summed E-state index contributed by atoms with van der Waals surface area (Å²) in [7, 11) is 0. The van der Waals surface area contributed by atoms with E-state index in [4.69, 9.17) is 15.2 Å². The van der Waals surface area contributed by atoms with Crippen molar-refractivity contribution in [2.24, 2.45) is 10.7 Å². The molecule has 0 radical (unpaired) electrons. The molecule has 1 heterocycles. The van der Waals surface area contributed by atoms with Crippen molar-refractivity contribution < 1.29 is 9.47 Å². The highest BCUT2D eigenvalue weighted by Crippen LogP contribution is 2.33. The molecule has 118 valence electrons. The molecule has 0 saturated carbocycles. The van der Waals surface area contributed by atoms with Gasteiger partial charge in [0.1, 0.15) is 0 Å². The van der Waals surface area contributed by atoms with Gasteiger partial charge in [0.25, 0.3) is 0 Å². The number of guanidine groups is 1. The van der Waals surface area contributed by atoms with E-state index in [-0.39, 0.29) is 29.5 Å². The smallest absolute Gasteiger partial charge is 0.189 e. The molecule has 0 amide bonds. The lowest BCUT2D eigenvalue weighted by molar-refractivity contribution is 0.296. The van der Waals surface area contributed by atoms with E-state index in [1.165, 1.54) is 0 Å². The molecule has 5 nitrogen and oxygen atoms in total. The lowest BCUT2D eigenvalue weighted by atomic mass is 10.1. The first-order valence-electron chi connectivity index (χ1n) is 6.91. The summed E-state index contributed by atoms with van der Waals surface area (Å²) in [5.74, 6) is 2.01. The Labute approximate surface area is 143 Å². The monoisotopic (exact) mass is 405 g/mol. The lowest BCUT2D eigenvalue weighted by Gasteiger charge is -2.21. The van der Waals surface area contributed by atoms with Crippen LogP contribution in [0.15, 0.2) is 23.2 Å². The maximum atomic E-state index is 5.88. The van der Waals surface area contributed by atoms with Crippen LogP contribution in [0.2, 0.25) is 0 Å². The minimum atomic E-state index is -0.0964. The van der Waals surface area contributed by atoms with Crippen LogP contribution in [-0.2, 0) is 6.54 Å². The number of ether oxygens (including phenoxy) is 2. The van der Waals surface area contributed by atoms with Crippen LogP contribution in [0.5, 0.6) is 11.5 Å². The van der Waals surface area contributed by atoms with Crippen molar-refractivity contribution in [3.63, 3.8) is 0 Å². The fraction of sp³-hybridized carbons (Fsp3) is 0.533. The summed E-state index contributed by atoms with van der Waals surface area (Å²) in [5, 5.41) is 3.14. The van der Waals surface area contributed by atoms with E-state index in [9.17, 15) is 0 Å². The van der Waals surface area contributed by atoms with Gasteiger partial charge >= 0.3 is 0 Å². The average Bonchev–Trinajstić information content (AvgIpc) is 2.59. The number of nitrogens with two attached hydrogens (primary N) is 1. The molecule has 0 aromatic heterocycles. The molecular formula is C15H24IN3O2. The number of halogens is 1. The number of rotatable bonds is 2. The van der Waals surface area contributed by atoms with Gasteiger partial charge in [0.05, 0.1) is 19.8 Å². The first-order chi connectivity index (χ1) is 9.46. The largest absolute Gasteiger partial charge is 0.490 e. The molecule has 0 fully saturated rings. The molecule has 0 bridgehead atoms. The van der Waals surface area contributed by atoms with Crippen molar-refractivity contribution in [2.75, 3.05) is 13.2 Å². The van der Waals surface area contributed by atoms with Crippen molar-refractivity contribution in [1.29, 1.82) is 0 Å². The summed E-state index contributed by atoms with van der Waals surface area (Å²) in [6.07, 6.45) is 0.894. The molecule has 6 heteroatoms. The van der Waals surface area contributed by atoms with Crippen LogP contribution in [-0.4, -0.2) is 24.7 Å². The quantitative estimate of drug-likeness (QED) is 0.451. The van der Waals surface area contributed by atoms with E-state index < -0.39 is 0 Å². The fourth-order valence-electron chi connectivity index (χ4n) is 1.97. The second-order valence-electron chi connectivity index (χ2n) is 5.87.